The van der Waals surface area contributed by atoms with E-state index in [0.29, 0.717) is 24.0 Å². The van der Waals surface area contributed by atoms with E-state index in [2.05, 4.69) is 11.2 Å². The van der Waals surface area contributed by atoms with Gasteiger partial charge in [-0.25, -0.2) is 0 Å². The summed E-state index contributed by atoms with van der Waals surface area (Å²) in [5.74, 6) is 1.07. The van der Waals surface area contributed by atoms with Gasteiger partial charge in [0, 0.05) is 29.6 Å². The Labute approximate surface area is 157 Å². The monoisotopic (exact) mass is 368 g/mol. The number of nitrogens with zero attached hydrogens (tertiary/aromatic N) is 2. The lowest BCUT2D eigenvalue weighted by molar-refractivity contribution is 0.0938. The van der Waals surface area contributed by atoms with Crippen molar-refractivity contribution >= 4 is 28.8 Å². The van der Waals surface area contributed by atoms with Gasteiger partial charge >= 0.3 is 0 Å². The van der Waals surface area contributed by atoms with Crippen molar-refractivity contribution in [2.24, 2.45) is 16.8 Å². The first kappa shape index (κ1) is 17.2. The highest BCUT2D eigenvalue weighted by molar-refractivity contribution is 6.30. The zero-order valence-corrected chi connectivity index (χ0v) is 15.3. The summed E-state index contributed by atoms with van der Waals surface area (Å²) < 4.78 is 4.76. The first-order valence-electron chi connectivity index (χ1n) is 9.16. The minimum Gasteiger partial charge on any atom is -0.364 e. The lowest BCUT2D eigenvalue weighted by Gasteiger charge is -2.28. The Hall–Kier alpha value is -2.20. The standard InChI is InChI=1S/C21H21ClN2O2/c22-17-7-5-16(6-8-17)19-10-9-18(23-19)15-3-1-14(2-4-15)13-21(25)20-11-12-26-24-20/h5-8,10-12,14-15H,1-4,9,13H2. The number of allylic oxidation sites excluding steroid dienone is 1. The smallest absolute Gasteiger partial charge is 0.184 e. The first-order chi connectivity index (χ1) is 12.7. The molecule has 2 heterocycles. The average Bonchev–Trinajstić information content (AvgIpc) is 3.35. The fourth-order valence-corrected chi connectivity index (χ4v) is 4.06. The third-order valence-electron chi connectivity index (χ3n) is 5.42. The van der Waals surface area contributed by atoms with Crippen LogP contribution in [0.15, 0.2) is 52.2 Å². The second kappa shape index (κ2) is 7.58. The Morgan fingerprint density at radius 3 is 2.58 bits per heavy atom. The van der Waals surface area contributed by atoms with Crippen LogP contribution in [-0.4, -0.2) is 16.7 Å². The number of hydrogen-bond donors (Lipinski definition) is 0. The number of carbonyl (C=O) groups is 1. The summed E-state index contributed by atoms with van der Waals surface area (Å²) in [6.07, 6.45) is 9.53. The van der Waals surface area contributed by atoms with Crippen molar-refractivity contribution in [1.29, 1.82) is 0 Å². The molecule has 1 aromatic carbocycles. The van der Waals surface area contributed by atoms with Gasteiger partial charge in [-0.15, -0.1) is 0 Å². The van der Waals surface area contributed by atoms with Gasteiger partial charge in [0.05, 0.1) is 5.70 Å². The van der Waals surface area contributed by atoms with Gasteiger partial charge in [0.15, 0.2) is 5.78 Å². The molecule has 1 aromatic heterocycles. The van der Waals surface area contributed by atoms with Crippen LogP contribution in [0.3, 0.4) is 0 Å². The van der Waals surface area contributed by atoms with Crippen LogP contribution in [0.5, 0.6) is 0 Å². The summed E-state index contributed by atoms with van der Waals surface area (Å²) in [4.78, 5) is 17.1. The van der Waals surface area contributed by atoms with Crippen LogP contribution in [-0.2, 0) is 0 Å². The quantitative estimate of drug-likeness (QED) is 0.646. The van der Waals surface area contributed by atoms with E-state index in [0.717, 1.165) is 48.4 Å². The number of ketones is 1. The number of benzene rings is 1. The number of halogens is 1. The van der Waals surface area contributed by atoms with E-state index in [1.807, 2.05) is 24.3 Å². The largest absolute Gasteiger partial charge is 0.364 e. The van der Waals surface area contributed by atoms with Crippen LogP contribution in [0.1, 0.15) is 54.6 Å². The molecule has 1 aliphatic heterocycles. The summed E-state index contributed by atoms with van der Waals surface area (Å²) in [5.41, 5.74) is 3.91. The van der Waals surface area contributed by atoms with E-state index in [-0.39, 0.29) is 5.78 Å². The molecule has 0 atom stereocenters. The van der Waals surface area contributed by atoms with Crippen LogP contribution in [0, 0.1) is 11.8 Å². The van der Waals surface area contributed by atoms with Crippen LogP contribution < -0.4 is 0 Å². The second-order valence-corrected chi connectivity index (χ2v) is 7.57. The van der Waals surface area contributed by atoms with Gasteiger partial charge in [0.1, 0.15) is 12.0 Å². The molecule has 1 saturated carbocycles. The molecule has 4 rings (SSSR count). The van der Waals surface area contributed by atoms with E-state index < -0.39 is 0 Å². The van der Waals surface area contributed by atoms with E-state index >= 15 is 0 Å². The molecule has 4 nitrogen and oxygen atoms in total. The first-order valence-corrected chi connectivity index (χ1v) is 9.54. The summed E-state index contributed by atoms with van der Waals surface area (Å²) in [5, 5.41) is 4.49. The third-order valence-corrected chi connectivity index (χ3v) is 5.68. The number of carbonyl (C=O) groups excluding carboxylic acids is 1. The summed E-state index contributed by atoms with van der Waals surface area (Å²) in [6, 6.07) is 9.50. The summed E-state index contributed by atoms with van der Waals surface area (Å²) in [6.45, 7) is 0. The molecular weight excluding hydrogens is 348 g/mol. The van der Waals surface area contributed by atoms with Crippen molar-refractivity contribution in [3.05, 3.63) is 59.0 Å². The molecule has 0 N–H and O–H groups in total. The number of hydrogen-bond acceptors (Lipinski definition) is 4. The van der Waals surface area contributed by atoms with Crippen LogP contribution in [0.25, 0.3) is 5.70 Å². The molecule has 2 aliphatic rings. The average molecular weight is 369 g/mol. The second-order valence-electron chi connectivity index (χ2n) is 7.13. The van der Waals surface area contributed by atoms with Crippen molar-refractivity contribution in [3.63, 3.8) is 0 Å². The molecule has 0 bridgehead atoms. The van der Waals surface area contributed by atoms with E-state index in [4.69, 9.17) is 21.1 Å². The van der Waals surface area contributed by atoms with Gasteiger partial charge in [-0.1, -0.05) is 35.0 Å². The zero-order chi connectivity index (χ0) is 17.9. The molecular formula is C21H21ClN2O2. The van der Waals surface area contributed by atoms with Crippen LogP contribution >= 0.6 is 11.6 Å². The Balaban J connectivity index is 1.32. The summed E-state index contributed by atoms with van der Waals surface area (Å²) in [7, 11) is 0. The fraction of sp³-hybridized carbons (Fsp3) is 0.381. The molecule has 0 radical (unpaired) electrons. The molecule has 134 valence electrons. The Morgan fingerprint density at radius 2 is 1.88 bits per heavy atom. The van der Waals surface area contributed by atoms with E-state index in [9.17, 15) is 4.79 Å². The molecule has 1 fully saturated rings. The van der Waals surface area contributed by atoms with Crippen molar-refractivity contribution in [2.75, 3.05) is 0 Å². The number of aromatic nitrogens is 1. The Kier molecular flexibility index (Phi) is 5.02. The molecule has 0 amide bonds. The minimum atomic E-state index is 0.0899. The van der Waals surface area contributed by atoms with Gasteiger partial charge in [-0.05, 0) is 55.2 Å². The molecule has 0 saturated heterocycles. The topological polar surface area (TPSA) is 55.5 Å². The highest BCUT2D eigenvalue weighted by atomic mass is 35.5. The molecule has 1 aliphatic carbocycles. The van der Waals surface area contributed by atoms with Crippen LogP contribution in [0.4, 0.5) is 0 Å². The number of rotatable bonds is 5. The molecule has 5 heteroatoms. The van der Waals surface area contributed by atoms with Gasteiger partial charge in [-0.2, -0.15) is 0 Å². The highest BCUT2D eigenvalue weighted by Crippen LogP contribution is 2.36. The normalized spacial score (nSPS) is 22.8. The van der Waals surface area contributed by atoms with E-state index in [1.54, 1.807) is 6.07 Å². The Morgan fingerprint density at radius 1 is 1.12 bits per heavy atom. The molecule has 26 heavy (non-hydrogen) atoms. The fourth-order valence-electron chi connectivity index (χ4n) is 3.93. The number of aliphatic imine (C=N–C) groups is 1. The maximum Gasteiger partial charge on any atom is 0.184 e. The molecule has 0 spiro atoms. The maximum absolute atomic E-state index is 12.2. The van der Waals surface area contributed by atoms with Gasteiger partial charge in [0.2, 0.25) is 0 Å². The van der Waals surface area contributed by atoms with Crippen LogP contribution in [0.2, 0.25) is 5.02 Å². The lowest BCUT2D eigenvalue weighted by Crippen LogP contribution is -2.22. The lowest BCUT2D eigenvalue weighted by atomic mass is 9.77. The van der Waals surface area contributed by atoms with Gasteiger partial charge in [0.25, 0.3) is 0 Å². The van der Waals surface area contributed by atoms with Crippen molar-refractivity contribution < 1.29 is 9.32 Å². The molecule has 2 aromatic rings. The SMILES string of the molecule is O=C(CC1CCC(C2=NC(c3ccc(Cl)cc3)=CC2)CC1)c1ccon1. The zero-order valence-electron chi connectivity index (χ0n) is 14.5. The molecule has 0 unspecified atom stereocenters. The summed E-state index contributed by atoms with van der Waals surface area (Å²) >= 11 is 5.96. The van der Waals surface area contributed by atoms with Crippen molar-refractivity contribution in [3.8, 4) is 0 Å². The van der Waals surface area contributed by atoms with Crippen molar-refractivity contribution in [1.82, 2.24) is 5.16 Å². The van der Waals surface area contributed by atoms with Gasteiger partial charge < -0.3 is 4.52 Å². The minimum absolute atomic E-state index is 0.0899. The third kappa shape index (κ3) is 3.80. The predicted molar refractivity (Wildman–Crippen MR) is 102 cm³/mol. The van der Waals surface area contributed by atoms with E-state index in [1.165, 1.54) is 12.0 Å². The van der Waals surface area contributed by atoms with Crippen molar-refractivity contribution in [2.45, 2.75) is 38.5 Å². The predicted octanol–water partition coefficient (Wildman–Crippen LogP) is 5.59. The highest BCUT2D eigenvalue weighted by Gasteiger charge is 2.28. The maximum atomic E-state index is 12.2. The Bertz CT molecular complexity index is 829. The number of Topliss-reactive ketones (excluding diaryl/α,β-unsaturated/α-hetero) is 1. The van der Waals surface area contributed by atoms with Gasteiger partial charge in [-0.3, -0.25) is 9.79 Å².